The van der Waals surface area contributed by atoms with Gasteiger partial charge in [-0.1, -0.05) is 20.3 Å². The second kappa shape index (κ2) is 6.69. The van der Waals surface area contributed by atoms with Crippen molar-refractivity contribution in [2.24, 2.45) is 0 Å². The van der Waals surface area contributed by atoms with E-state index in [0.717, 1.165) is 19.3 Å². The molecule has 0 spiro atoms. The molecule has 0 aromatic heterocycles. The van der Waals surface area contributed by atoms with Crippen LogP contribution in [0.4, 0.5) is 4.79 Å². The molecule has 0 fully saturated rings. The first-order valence-corrected chi connectivity index (χ1v) is 4.99. The van der Waals surface area contributed by atoms with Crippen LogP contribution in [-0.2, 0) is 0 Å². The number of rotatable bonds is 4. The fourth-order valence-electron chi connectivity index (χ4n) is 0.939. The Balaban J connectivity index is 3.58. The minimum absolute atomic E-state index is 0.0918. The number of carbonyl (C=O) groups is 1. The van der Waals surface area contributed by atoms with Crippen LogP contribution >= 0.6 is 22.9 Å². The van der Waals surface area contributed by atoms with Crippen molar-refractivity contribution in [1.29, 1.82) is 0 Å². The first-order chi connectivity index (χ1) is 5.24. The van der Waals surface area contributed by atoms with Crippen LogP contribution in [-0.4, -0.2) is 12.1 Å². The van der Waals surface area contributed by atoms with Crippen LogP contribution in [0.3, 0.4) is 0 Å². The number of nitrogens with one attached hydrogen (secondary N) is 2. The van der Waals surface area contributed by atoms with Crippen molar-refractivity contribution in [3.63, 3.8) is 0 Å². The summed E-state index contributed by atoms with van der Waals surface area (Å²) in [5.41, 5.74) is 0. The minimum atomic E-state index is -0.0918. The summed E-state index contributed by atoms with van der Waals surface area (Å²) in [4.78, 5) is 10.8. The number of hydrogen-bond acceptors (Lipinski definition) is 1. The van der Waals surface area contributed by atoms with Gasteiger partial charge in [-0.3, -0.25) is 3.53 Å². The Morgan fingerprint density at radius 1 is 1.55 bits per heavy atom. The highest BCUT2D eigenvalue weighted by Crippen LogP contribution is 2.00. The average molecular weight is 270 g/mol. The molecule has 0 bridgehead atoms. The third-order valence-electron chi connectivity index (χ3n) is 1.55. The second-order valence-electron chi connectivity index (χ2n) is 2.46. The third-order valence-corrected chi connectivity index (χ3v) is 2.04. The molecule has 2 amide bonds. The van der Waals surface area contributed by atoms with E-state index in [-0.39, 0.29) is 6.03 Å². The van der Waals surface area contributed by atoms with E-state index in [4.69, 9.17) is 0 Å². The molecule has 0 aliphatic heterocycles. The van der Waals surface area contributed by atoms with E-state index in [1.54, 1.807) is 0 Å². The van der Waals surface area contributed by atoms with Gasteiger partial charge in [0, 0.05) is 6.04 Å². The molecule has 0 aromatic rings. The van der Waals surface area contributed by atoms with E-state index in [2.05, 4.69) is 22.7 Å². The Labute approximate surface area is 81.8 Å². The molecule has 0 rings (SSSR count). The van der Waals surface area contributed by atoms with Crippen LogP contribution in [0, 0.1) is 0 Å². The van der Waals surface area contributed by atoms with Crippen molar-refractivity contribution in [3.8, 4) is 0 Å². The van der Waals surface area contributed by atoms with Gasteiger partial charge in [0.05, 0.1) is 22.9 Å². The van der Waals surface area contributed by atoms with Gasteiger partial charge < -0.3 is 5.32 Å². The maximum atomic E-state index is 10.8. The molecule has 3 nitrogen and oxygen atoms in total. The topological polar surface area (TPSA) is 41.1 Å². The van der Waals surface area contributed by atoms with Crippen LogP contribution in [0.2, 0.25) is 0 Å². The number of carbonyl (C=O) groups excluding carboxylic acids is 1. The summed E-state index contributed by atoms with van der Waals surface area (Å²) >= 11 is 1.83. The molecule has 0 saturated heterocycles. The lowest BCUT2D eigenvalue weighted by molar-refractivity contribution is 0.242. The minimum Gasteiger partial charge on any atom is -0.335 e. The van der Waals surface area contributed by atoms with E-state index in [1.807, 2.05) is 22.9 Å². The Morgan fingerprint density at radius 2 is 2.18 bits per heavy atom. The van der Waals surface area contributed by atoms with Crippen LogP contribution in [0.25, 0.3) is 0 Å². The molecule has 0 heterocycles. The Bertz CT molecular complexity index is 119. The summed E-state index contributed by atoms with van der Waals surface area (Å²) in [6.07, 6.45) is 3.17. The first-order valence-electron chi connectivity index (χ1n) is 3.91. The Hall–Kier alpha value is 0. The van der Waals surface area contributed by atoms with Gasteiger partial charge in [0.2, 0.25) is 0 Å². The molecule has 0 aliphatic rings. The smallest absolute Gasteiger partial charge is 0.323 e. The molecular weight excluding hydrogens is 255 g/mol. The van der Waals surface area contributed by atoms with E-state index < -0.39 is 0 Å². The summed E-state index contributed by atoms with van der Waals surface area (Å²) < 4.78 is 2.51. The zero-order chi connectivity index (χ0) is 8.69. The largest absolute Gasteiger partial charge is 0.335 e. The van der Waals surface area contributed by atoms with E-state index in [9.17, 15) is 4.79 Å². The van der Waals surface area contributed by atoms with Gasteiger partial charge in [-0.25, -0.2) is 4.79 Å². The van der Waals surface area contributed by atoms with Crippen molar-refractivity contribution in [2.45, 2.75) is 39.2 Å². The molecule has 66 valence electrons. The quantitative estimate of drug-likeness (QED) is 0.597. The molecule has 11 heavy (non-hydrogen) atoms. The SMILES string of the molecule is CCCC(CC)NC(=O)NI. The highest BCUT2D eigenvalue weighted by molar-refractivity contribution is 14.1. The molecule has 0 aliphatic carbocycles. The van der Waals surface area contributed by atoms with Crippen molar-refractivity contribution >= 4 is 28.9 Å². The molecule has 1 unspecified atom stereocenters. The molecule has 0 aromatic carbocycles. The van der Waals surface area contributed by atoms with Crippen LogP contribution in [0.5, 0.6) is 0 Å². The summed E-state index contributed by atoms with van der Waals surface area (Å²) in [6.45, 7) is 4.19. The van der Waals surface area contributed by atoms with Crippen LogP contribution in [0.1, 0.15) is 33.1 Å². The van der Waals surface area contributed by atoms with Crippen molar-refractivity contribution in [2.75, 3.05) is 0 Å². The van der Waals surface area contributed by atoms with Gasteiger partial charge in [0.25, 0.3) is 0 Å². The van der Waals surface area contributed by atoms with Gasteiger partial charge >= 0.3 is 6.03 Å². The van der Waals surface area contributed by atoms with E-state index >= 15 is 0 Å². The van der Waals surface area contributed by atoms with Gasteiger partial charge in [-0.05, 0) is 12.8 Å². The lowest BCUT2D eigenvalue weighted by Crippen LogP contribution is -2.38. The average Bonchev–Trinajstić information content (AvgIpc) is 2.03. The highest BCUT2D eigenvalue weighted by Gasteiger charge is 2.06. The summed E-state index contributed by atoms with van der Waals surface area (Å²) in [5, 5.41) is 2.86. The van der Waals surface area contributed by atoms with E-state index in [0.29, 0.717) is 6.04 Å². The van der Waals surface area contributed by atoms with Crippen molar-refractivity contribution in [1.82, 2.24) is 8.85 Å². The fourth-order valence-corrected chi connectivity index (χ4v) is 1.10. The molecule has 1 atom stereocenters. The maximum Gasteiger partial charge on any atom is 0.323 e. The number of hydrogen-bond donors (Lipinski definition) is 2. The Morgan fingerprint density at radius 3 is 2.55 bits per heavy atom. The van der Waals surface area contributed by atoms with Crippen LogP contribution < -0.4 is 8.85 Å². The summed E-state index contributed by atoms with van der Waals surface area (Å²) in [7, 11) is 0. The monoisotopic (exact) mass is 270 g/mol. The fraction of sp³-hybridized carbons (Fsp3) is 0.857. The normalized spacial score (nSPS) is 12.3. The molecule has 0 radical (unpaired) electrons. The summed E-state index contributed by atoms with van der Waals surface area (Å²) in [6, 6.07) is 0.237. The highest BCUT2D eigenvalue weighted by atomic mass is 127. The lowest BCUT2D eigenvalue weighted by atomic mass is 10.1. The molecule has 2 N–H and O–H groups in total. The maximum absolute atomic E-state index is 10.8. The number of halogens is 1. The van der Waals surface area contributed by atoms with Gasteiger partial charge in [0.15, 0.2) is 0 Å². The van der Waals surface area contributed by atoms with Crippen molar-refractivity contribution < 1.29 is 4.79 Å². The zero-order valence-corrected chi connectivity index (χ0v) is 9.14. The zero-order valence-electron chi connectivity index (χ0n) is 6.98. The lowest BCUT2D eigenvalue weighted by Gasteiger charge is -2.14. The predicted octanol–water partition coefficient (Wildman–Crippen LogP) is 2.21. The first kappa shape index (κ1) is 11.0. The summed E-state index contributed by atoms with van der Waals surface area (Å²) in [5.74, 6) is 0. The predicted molar refractivity (Wildman–Crippen MR) is 54.7 cm³/mol. The van der Waals surface area contributed by atoms with Crippen LogP contribution in [0.15, 0.2) is 0 Å². The molecule has 0 saturated carbocycles. The third kappa shape index (κ3) is 5.29. The molecular formula is C7H15IN2O. The number of urea groups is 1. The standard InChI is InChI=1S/C7H15IN2O/c1-3-5-6(4-2)9-7(11)10-8/h6H,3-5H2,1-2H3,(H2,9,10,11). The number of amides is 2. The van der Waals surface area contributed by atoms with Gasteiger partial charge in [0.1, 0.15) is 0 Å². The molecule has 4 heteroatoms. The Kier molecular flexibility index (Phi) is 6.69. The van der Waals surface area contributed by atoms with E-state index in [1.165, 1.54) is 0 Å². The van der Waals surface area contributed by atoms with Crippen molar-refractivity contribution in [3.05, 3.63) is 0 Å². The van der Waals surface area contributed by atoms with Gasteiger partial charge in [-0.2, -0.15) is 0 Å². The second-order valence-corrected chi connectivity index (χ2v) is 3.00. The van der Waals surface area contributed by atoms with Gasteiger partial charge in [-0.15, -0.1) is 0 Å².